The maximum atomic E-state index is 13.4. The van der Waals surface area contributed by atoms with E-state index in [4.69, 9.17) is 9.52 Å². The summed E-state index contributed by atoms with van der Waals surface area (Å²) in [4.78, 5) is 26.5. The van der Waals surface area contributed by atoms with E-state index < -0.39 is 9.92 Å². The van der Waals surface area contributed by atoms with Crippen molar-refractivity contribution in [3.8, 4) is 17.1 Å². The SMILES string of the molecule is Cc1cccc(C)c1-c1cc2nc(n1)NS(=N)(=O)c1cccc(c1)C(=O)N1CCN(C)CC(C1)O2. The van der Waals surface area contributed by atoms with Crippen LogP contribution in [0.2, 0.25) is 0 Å². The van der Waals surface area contributed by atoms with Crippen LogP contribution in [0.3, 0.4) is 0 Å². The summed E-state index contributed by atoms with van der Waals surface area (Å²) >= 11 is 0. The van der Waals surface area contributed by atoms with E-state index in [1.807, 2.05) is 39.1 Å². The van der Waals surface area contributed by atoms with Crippen LogP contribution in [0.15, 0.2) is 53.4 Å². The number of aromatic nitrogens is 2. The summed E-state index contributed by atoms with van der Waals surface area (Å²) < 4.78 is 31.1. The number of carbonyl (C=O) groups excluding carboxylic acids is 1. The molecule has 3 aromatic rings. The van der Waals surface area contributed by atoms with Crippen molar-refractivity contribution in [1.29, 1.82) is 4.78 Å². The summed E-state index contributed by atoms with van der Waals surface area (Å²) in [5.41, 5.74) is 3.99. The fourth-order valence-corrected chi connectivity index (χ4v) is 5.64. The van der Waals surface area contributed by atoms with Crippen LogP contribution < -0.4 is 9.46 Å². The van der Waals surface area contributed by atoms with Crippen LogP contribution >= 0.6 is 0 Å². The molecule has 0 aliphatic carbocycles. The molecule has 2 aliphatic heterocycles. The van der Waals surface area contributed by atoms with E-state index in [2.05, 4.69) is 19.6 Å². The average molecular weight is 493 g/mol. The number of rotatable bonds is 1. The Morgan fingerprint density at radius 1 is 1.06 bits per heavy atom. The van der Waals surface area contributed by atoms with Crippen molar-refractivity contribution in [2.75, 3.05) is 37.9 Å². The minimum atomic E-state index is -3.55. The zero-order chi connectivity index (χ0) is 24.7. The second kappa shape index (κ2) is 8.94. The summed E-state index contributed by atoms with van der Waals surface area (Å²) in [6.07, 6.45) is -0.329. The quantitative estimate of drug-likeness (QED) is 0.539. The highest BCUT2D eigenvalue weighted by molar-refractivity contribution is 7.93. The van der Waals surface area contributed by atoms with Gasteiger partial charge in [0.25, 0.3) is 5.91 Å². The van der Waals surface area contributed by atoms with Crippen LogP contribution in [0.25, 0.3) is 11.3 Å². The Balaban J connectivity index is 1.69. The van der Waals surface area contributed by atoms with Gasteiger partial charge < -0.3 is 14.5 Å². The molecule has 10 heteroatoms. The van der Waals surface area contributed by atoms with Gasteiger partial charge in [-0.25, -0.2) is 14.0 Å². The second-order valence-corrected chi connectivity index (χ2v) is 10.9. The molecule has 2 aliphatic rings. The fourth-order valence-electron chi connectivity index (χ4n) is 4.61. The van der Waals surface area contributed by atoms with Crippen molar-refractivity contribution in [2.45, 2.75) is 24.8 Å². The van der Waals surface area contributed by atoms with Crippen molar-refractivity contribution in [1.82, 2.24) is 19.8 Å². The summed E-state index contributed by atoms with van der Waals surface area (Å²) in [5, 5.41) is 0. The molecule has 0 saturated carbocycles. The number of hydrogen-bond donors (Lipinski definition) is 2. The minimum absolute atomic E-state index is 0.0370. The Morgan fingerprint density at radius 3 is 2.57 bits per heavy atom. The molecule has 0 radical (unpaired) electrons. The number of nitrogens with zero attached hydrogens (tertiary/aromatic N) is 4. The summed E-state index contributed by atoms with van der Waals surface area (Å²) in [5.74, 6) is 0.156. The van der Waals surface area contributed by atoms with Gasteiger partial charge in [0.15, 0.2) is 9.92 Å². The largest absolute Gasteiger partial charge is 0.471 e. The molecule has 5 rings (SSSR count). The number of benzene rings is 2. The maximum absolute atomic E-state index is 13.4. The number of aryl methyl sites for hydroxylation is 2. The van der Waals surface area contributed by atoms with Crippen LogP contribution in [-0.2, 0) is 9.92 Å². The highest BCUT2D eigenvalue weighted by Crippen LogP contribution is 2.30. The van der Waals surface area contributed by atoms with Crippen LogP contribution in [0.5, 0.6) is 5.88 Å². The number of amides is 1. The van der Waals surface area contributed by atoms with Gasteiger partial charge in [-0.15, -0.1) is 0 Å². The van der Waals surface area contributed by atoms with E-state index in [-0.39, 0.29) is 22.9 Å². The number of fused-ring (bicyclic) bond motifs is 6. The van der Waals surface area contributed by atoms with Gasteiger partial charge in [-0.05, 0) is 50.2 Å². The number of ether oxygens (including phenoxy) is 1. The third-order valence-electron chi connectivity index (χ3n) is 6.35. The molecule has 1 saturated heterocycles. The topological polar surface area (TPSA) is 112 Å². The molecule has 2 atom stereocenters. The zero-order valence-electron chi connectivity index (χ0n) is 19.9. The van der Waals surface area contributed by atoms with Crippen molar-refractivity contribution < 1.29 is 13.7 Å². The third kappa shape index (κ3) is 4.71. The van der Waals surface area contributed by atoms with Crippen LogP contribution in [0.1, 0.15) is 21.5 Å². The molecule has 182 valence electrons. The number of carbonyl (C=O) groups is 1. The zero-order valence-corrected chi connectivity index (χ0v) is 20.8. The lowest BCUT2D eigenvalue weighted by molar-refractivity contribution is 0.0691. The molecular weight excluding hydrogens is 464 g/mol. The van der Waals surface area contributed by atoms with Crippen LogP contribution in [0.4, 0.5) is 5.95 Å². The van der Waals surface area contributed by atoms with E-state index in [0.29, 0.717) is 43.3 Å². The first-order chi connectivity index (χ1) is 16.7. The van der Waals surface area contributed by atoms with E-state index in [0.717, 1.165) is 16.7 Å². The third-order valence-corrected chi connectivity index (χ3v) is 7.74. The Kier molecular flexibility index (Phi) is 5.94. The lowest BCUT2D eigenvalue weighted by Gasteiger charge is -2.25. The summed E-state index contributed by atoms with van der Waals surface area (Å²) in [6.45, 7) is 6.24. The summed E-state index contributed by atoms with van der Waals surface area (Å²) in [6, 6.07) is 14.2. The standard InChI is InChI=1S/C25H28N6O3S/c1-16-6-4-7-17(2)23(16)21-13-22-28-25(27-21)29-35(26,33)20-9-5-8-18(12-20)24(32)31-11-10-30(3)14-19(15-31)34-22/h4-9,12-13,19H,10-11,14-15H2,1-3H3,(H2,26,27,28,29,33). The van der Waals surface area contributed by atoms with Gasteiger partial charge >= 0.3 is 0 Å². The molecule has 9 nitrogen and oxygen atoms in total. The molecule has 1 fully saturated rings. The fraction of sp³-hybridized carbons (Fsp3) is 0.320. The monoisotopic (exact) mass is 492 g/mol. The molecule has 6 bridgehead atoms. The molecule has 1 amide bonds. The first-order valence-electron chi connectivity index (χ1n) is 11.5. The van der Waals surface area contributed by atoms with Crippen LogP contribution in [-0.4, -0.2) is 69.2 Å². The van der Waals surface area contributed by atoms with E-state index in [1.54, 1.807) is 29.2 Å². The molecule has 2 N–H and O–H groups in total. The first kappa shape index (κ1) is 23.3. The average Bonchev–Trinajstić information content (AvgIpc) is 2.98. The van der Waals surface area contributed by atoms with Gasteiger partial charge in [-0.3, -0.25) is 9.52 Å². The molecule has 0 spiro atoms. The van der Waals surface area contributed by atoms with Gasteiger partial charge in [0, 0.05) is 36.8 Å². The molecular formula is C25H28N6O3S. The Morgan fingerprint density at radius 2 is 1.80 bits per heavy atom. The lowest BCUT2D eigenvalue weighted by atomic mass is 10.00. The van der Waals surface area contributed by atoms with Gasteiger partial charge in [-0.2, -0.15) is 4.98 Å². The minimum Gasteiger partial charge on any atom is -0.471 e. The predicted octanol–water partition coefficient (Wildman–Crippen LogP) is 3.34. The smallest absolute Gasteiger partial charge is 0.254 e. The lowest BCUT2D eigenvalue weighted by Crippen LogP contribution is -2.40. The number of hydrogen-bond acceptors (Lipinski definition) is 7. The van der Waals surface area contributed by atoms with E-state index >= 15 is 0 Å². The molecule has 2 aromatic carbocycles. The molecule has 1 aromatic heterocycles. The molecule has 3 heterocycles. The Labute approximate surface area is 205 Å². The number of anilines is 1. The van der Waals surface area contributed by atoms with E-state index in [9.17, 15) is 9.00 Å². The van der Waals surface area contributed by atoms with Crippen molar-refractivity contribution in [2.24, 2.45) is 0 Å². The second-order valence-electron chi connectivity index (χ2n) is 9.12. The van der Waals surface area contributed by atoms with Gasteiger partial charge in [0.1, 0.15) is 6.10 Å². The number of nitrogens with one attached hydrogen (secondary N) is 2. The predicted molar refractivity (Wildman–Crippen MR) is 134 cm³/mol. The Hall–Kier alpha value is -3.50. The van der Waals surface area contributed by atoms with Crippen molar-refractivity contribution in [3.63, 3.8) is 0 Å². The van der Waals surface area contributed by atoms with E-state index in [1.165, 1.54) is 6.07 Å². The van der Waals surface area contributed by atoms with Crippen molar-refractivity contribution >= 4 is 21.8 Å². The Bertz CT molecular complexity index is 1390. The highest BCUT2D eigenvalue weighted by atomic mass is 32.2. The van der Waals surface area contributed by atoms with Crippen LogP contribution in [0, 0.1) is 18.6 Å². The van der Waals surface area contributed by atoms with Gasteiger partial charge in [0.2, 0.25) is 11.8 Å². The normalized spacial score (nSPS) is 22.7. The summed E-state index contributed by atoms with van der Waals surface area (Å²) in [7, 11) is -1.55. The molecule has 2 unspecified atom stereocenters. The highest BCUT2D eigenvalue weighted by Gasteiger charge is 2.28. The maximum Gasteiger partial charge on any atom is 0.254 e. The van der Waals surface area contributed by atoms with Gasteiger partial charge in [-0.1, -0.05) is 24.3 Å². The van der Waals surface area contributed by atoms with Crippen molar-refractivity contribution in [3.05, 3.63) is 65.2 Å². The molecule has 35 heavy (non-hydrogen) atoms. The van der Waals surface area contributed by atoms with Gasteiger partial charge in [0.05, 0.1) is 17.1 Å². The first-order valence-corrected chi connectivity index (χ1v) is 13.0. The number of likely N-dealkylation sites (N-methyl/N-ethyl adjacent to an activating group) is 1.